The molecule has 0 fully saturated rings. The van der Waals surface area contributed by atoms with Crippen LogP contribution >= 0.6 is 0 Å². The van der Waals surface area contributed by atoms with Gasteiger partial charge in [0.15, 0.2) is 0 Å². The molecular formula is C64H44N4O2. The number of nitro groups is 1. The Kier molecular flexibility index (Phi) is 8.29. The number of hydrogen-bond donors (Lipinski definition) is 1. The molecule has 15 rings (SSSR count). The summed E-state index contributed by atoms with van der Waals surface area (Å²) < 4.78 is 0. The Balaban J connectivity index is 0.000000131. The molecule has 3 aromatic heterocycles. The molecule has 0 unspecified atom stereocenters. The average molecular weight is 901 g/mol. The highest BCUT2D eigenvalue weighted by molar-refractivity contribution is 6.28. The third kappa shape index (κ3) is 5.50. The molecule has 1 N–H and O–H groups in total. The first-order valence-corrected chi connectivity index (χ1v) is 24.0. The summed E-state index contributed by atoms with van der Waals surface area (Å²) >= 11 is 0. The first-order valence-electron chi connectivity index (χ1n) is 24.0. The molecule has 3 heterocycles. The van der Waals surface area contributed by atoms with Crippen molar-refractivity contribution in [1.29, 1.82) is 0 Å². The van der Waals surface area contributed by atoms with Crippen LogP contribution in [0.15, 0.2) is 189 Å². The minimum atomic E-state index is -0.340. The Hall–Kier alpha value is -8.74. The van der Waals surface area contributed by atoms with Gasteiger partial charge in [-0.15, -0.1) is 0 Å². The average Bonchev–Trinajstić information content (AvgIpc) is 3.97. The third-order valence-electron chi connectivity index (χ3n) is 15.9. The van der Waals surface area contributed by atoms with Crippen molar-refractivity contribution in [2.45, 2.75) is 38.5 Å². The largest absolute Gasteiger partial charge is 0.354 e. The van der Waals surface area contributed by atoms with Crippen LogP contribution in [0.25, 0.3) is 120 Å². The Morgan fingerprint density at radius 3 is 1.43 bits per heavy atom. The zero-order valence-electron chi connectivity index (χ0n) is 39.1. The number of pyridine rings is 2. The molecule has 6 heteroatoms. The van der Waals surface area contributed by atoms with E-state index in [0.717, 1.165) is 11.1 Å². The van der Waals surface area contributed by atoms with E-state index in [1.54, 1.807) is 6.20 Å². The Morgan fingerprint density at radius 2 is 0.871 bits per heavy atom. The topological polar surface area (TPSA) is 84.7 Å². The zero-order valence-corrected chi connectivity index (χ0v) is 39.1. The minimum Gasteiger partial charge on any atom is -0.354 e. The molecule has 0 radical (unpaired) electrons. The molecular weight excluding hydrogens is 857 g/mol. The van der Waals surface area contributed by atoms with Gasteiger partial charge in [0, 0.05) is 58.0 Å². The van der Waals surface area contributed by atoms with Crippen molar-refractivity contribution < 1.29 is 4.92 Å². The summed E-state index contributed by atoms with van der Waals surface area (Å²) in [5, 5.41) is 29.6. The van der Waals surface area contributed by atoms with Crippen LogP contribution in [0.5, 0.6) is 0 Å². The highest BCUT2D eigenvalue weighted by atomic mass is 16.6. The minimum absolute atomic E-state index is 0.0712. The van der Waals surface area contributed by atoms with Crippen molar-refractivity contribution >= 4 is 92.1 Å². The number of hydrogen-bond acceptors (Lipinski definition) is 4. The lowest BCUT2D eigenvalue weighted by Gasteiger charge is -2.23. The third-order valence-corrected chi connectivity index (χ3v) is 15.9. The molecule has 2 aliphatic carbocycles. The molecule has 0 atom stereocenters. The van der Waals surface area contributed by atoms with Crippen molar-refractivity contribution in [3.8, 4) is 33.4 Å². The molecule has 13 aromatic rings. The Bertz CT molecular complexity index is 4470. The smallest absolute Gasteiger partial charge is 0.280 e. The second-order valence-corrected chi connectivity index (χ2v) is 20.2. The summed E-state index contributed by atoms with van der Waals surface area (Å²) in [5.74, 6) is 0. The number of H-pyrrole nitrogens is 1. The first-order chi connectivity index (χ1) is 34.1. The van der Waals surface area contributed by atoms with Crippen LogP contribution in [0, 0.1) is 10.1 Å². The summed E-state index contributed by atoms with van der Waals surface area (Å²) in [6.07, 6.45) is 6.89. The maximum Gasteiger partial charge on any atom is 0.280 e. The van der Waals surface area contributed by atoms with Gasteiger partial charge in [0.2, 0.25) is 0 Å². The highest BCUT2D eigenvalue weighted by Crippen LogP contribution is 2.55. The van der Waals surface area contributed by atoms with Gasteiger partial charge in [0.25, 0.3) is 5.69 Å². The number of aromatic nitrogens is 3. The van der Waals surface area contributed by atoms with E-state index in [4.69, 9.17) is 0 Å². The number of rotatable bonds is 2. The van der Waals surface area contributed by atoms with Gasteiger partial charge in [0.05, 0.1) is 16.0 Å². The summed E-state index contributed by atoms with van der Waals surface area (Å²) in [4.78, 5) is 23.6. The van der Waals surface area contributed by atoms with Gasteiger partial charge >= 0.3 is 0 Å². The van der Waals surface area contributed by atoms with Crippen LogP contribution in [-0.4, -0.2) is 19.9 Å². The summed E-state index contributed by atoms with van der Waals surface area (Å²) in [7, 11) is 0. The van der Waals surface area contributed by atoms with Gasteiger partial charge < -0.3 is 4.98 Å². The summed E-state index contributed by atoms with van der Waals surface area (Å²) in [6.45, 7) is 9.23. The maximum absolute atomic E-state index is 11.7. The monoisotopic (exact) mass is 900 g/mol. The lowest BCUT2D eigenvalue weighted by molar-refractivity contribution is -0.384. The van der Waals surface area contributed by atoms with Crippen molar-refractivity contribution in [3.05, 3.63) is 221 Å². The van der Waals surface area contributed by atoms with E-state index < -0.39 is 0 Å². The van der Waals surface area contributed by atoms with E-state index >= 15 is 0 Å². The molecule has 0 saturated heterocycles. The van der Waals surface area contributed by atoms with Gasteiger partial charge in [-0.05, 0) is 151 Å². The lowest BCUT2D eigenvalue weighted by Crippen LogP contribution is -2.15. The second-order valence-electron chi connectivity index (χ2n) is 20.2. The van der Waals surface area contributed by atoms with Crippen molar-refractivity contribution in [2.75, 3.05) is 0 Å². The Labute approximate surface area is 403 Å². The Morgan fingerprint density at radius 1 is 0.414 bits per heavy atom. The van der Waals surface area contributed by atoms with Crippen LogP contribution in [0.3, 0.4) is 0 Å². The van der Waals surface area contributed by atoms with Gasteiger partial charge in [-0.25, -0.2) is 0 Å². The van der Waals surface area contributed by atoms with Crippen molar-refractivity contribution in [2.24, 2.45) is 0 Å². The van der Waals surface area contributed by atoms with Crippen LogP contribution in [0.1, 0.15) is 49.9 Å². The van der Waals surface area contributed by atoms with Gasteiger partial charge in [-0.3, -0.25) is 20.1 Å². The van der Waals surface area contributed by atoms with E-state index in [1.165, 1.54) is 138 Å². The van der Waals surface area contributed by atoms with E-state index in [2.05, 4.69) is 194 Å². The standard InChI is InChI=1S/C32H22N2O2.C32H22N2/c1-32(2)29-15-19(28-18-33-14-13-31(28)34(35)36)11-12-24(29)27-16-25-22-9-5-3-7-20(22)21-8-4-6-10-23(21)26(25)17-30(27)32;1-32(2)28-16-25-21-10-6-4-8-19(21)18-7-3-5-9-20(18)24(25)15-26(28)22-11-12-23-27-17-33-14-13-29(27)34-31(23)30(22)32/h3-18H,1-2H3;3-17,34H,1-2H3. The van der Waals surface area contributed by atoms with E-state index in [1.807, 2.05) is 18.5 Å². The predicted molar refractivity (Wildman–Crippen MR) is 290 cm³/mol. The molecule has 10 aromatic carbocycles. The SMILES string of the molecule is CC1(C)c2cc(-c3cnccc3[N+](=O)[O-])ccc2-c2cc3c4ccccc4c4ccccc4c3cc21.CC1(C)c2cc3c4ccccc4c4ccccc4c3cc2-c2ccc3c([nH]c4ccncc43)c21. The van der Waals surface area contributed by atoms with Crippen LogP contribution in [0.4, 0.5) is 5.69 Å². The molecule has 2 aliphatic rings. The molecule has 0 aliphatic heterocycles. The fraction of sp³-hybridized carbons (Fsp3) is 0.0938. The number of fused-ring (bicyclic) bond motifs is 22. The van der Waals surface area contributed by atoms with E-state index in [-0.39, 0.29) is 21.4 Å². The fourth-order valence-electron chi connectivity index (χ4n) is 12.6. The number of benzene rings is 10. The fourth-order valence-corrected chi connectivity index (χ4v) is 12.6. The number of nitrogens with zero attached hydrogens (tertiary/aromatic N) is 3. The zero-order chi connectivity index (χ0) is 47.2. The molecule has 70 heavy (non-hydrogen) atoms. The van der Waals surface area contributed by atoms with Crippen LogP contribution in [0.2, 0.25) is 0 Å². The van der Waals surface area contributed by atoms with E-state index in [0.29, 0.717) is 5.56 Å². The quantitative estimate of drug-likeness (QED) is 0.106. The predicted octanol–water partition coefficient (Wildman–Crippen LogP) is 16.9. The molecule has 0 spiro atoms. The van der Waals surface area contributed by atoms with Crippen molar-refractivity contribution in [1.82, 2.24) is 15.0 Å². The van der Waals surface area contributed by atoms with Gasteiger partial charge in [-0.1, -0.05) is 149 Å². The second kappa shape index (κ2) is 14.4. The molecule has 0 amide bonds. The number of aromatic amines is 1. The maximum atomic E-state index is 11.7. The van der Waals surface area contributed by atoms with Crippen LogP contribution < -0.4 is 0 Å². The molecule has 0 saturated carbocycles. The van der Waals surface area contributed by atoms with Gasteiger partial charge in [0.1, 0.15) is 0 Å². The number of nitrogens with one attached hydrogen (secondary N) is 1. The van der Waals surface area contributed by atoms with Crippen molar-refractivity contribution in [3.63, 3.8) is 0 Å². The highest BCUT2D eigenvalue weighted by Gasteiger charge is 2.39. The molecule has 6 nitrogen and oxygen atoms in total. The normalized spacial score (nSPS) is 14.1. The molecule has 0 bridgehead atoms. The lowest BCUT2D eigenvalue weighted by atomic mass is 9.80. The summed E-state index contributed by atoms with van der Waals surface area (Å²) in [6, 6.07) is 58.9. The van der Waals surface area contributed by atoms with E-state index in [9.17, 15) is 10.1 Å². The van der Waals surface area contributed by atoms with Gasteiger partial charge in [-0.2, -0.15) is 0 Å². The van der Waals surface area contributed by atoms with Crippen LogP contribution in [-0.2, 0) is 10.8 Å². The molecule has 332 valence electrons. The summed E-state index contributed by atoms with van der Waals surface area (Å²) in [5.41, 5.74) is 13.8. The first kappa shape index (κ1) is 40.3.